The van der Waals surface area contributed by atoms with Gasteiger partial charge in [0.1, 0.15) is 0 Å². The lowest BCUT2D eigenvalue weighted by molar-refractivity contribution is 0.0698. The molecule has 82 valence electrons. The molecule has 0 aliphatic rings. The molecule has 15 heavy (non-hydrogen) atoms. The van der Waals surface area contributed by atoms with E-state index in [1.807, 2.05) is 13.8 Å². The minimum atomic E-state index is -0.944. The Balaban J connectivity index is 3.02. The van der Waals surface area contributed by atoms with E-state index in [-0.39, 0.29) is 11.6 Å². The maximum atomic E-state index is 10.9. The molecular formula is C11H16N2O2. The van der Waals surface area contributed by atoms with Crippen LogP contribution in [0.4, 0.5) is 11.4 Å². The van der Waals surface area contributed by atoms with E-state index in [1.165, 1.54) is 6.07 Å². The van der Waals surface area contributed by atoms with E-state index in [0.717, 1.165) is 6.42 Å². The number of carboxylic acids is 1. The summed E-state index contributed by atoms with van der Waals surface area (Å²) >= 11 is 0. The molecule has 0 bridgehead atoms. The summed E-state index contributed by atoms with van der Waals surface area (Å²) in [5.41, 5.74) is 7.01. The van der Waals surface area contributed by atoms with Crippen LogP contribution in [0.1, 0.15) is 30.6 Å². The molecule has 4 nitrogen and oxygen atoms in total. The summed E-state index contributed by atoms with van der Waals surface area (Å²) < 4.78 is 0. The van der Waals surface area contributed by atoms with E-state index in [4.69, 9.17) is 10.8 Å². The highest BCUT2D eigenvalue weighted by molar-refractivity contribution is 5.95. The molecule has 1 rings (SSSR count). The zero-order chi connectivity index (χ0) is 11.4. The second-order valence-electron chi connectivity index (χ2n) is 3.56. The van der Waals surface area contributed by atoms with E-state index >= 15 is 0 Å². The number of rotatable bonds is 4. The molecule has 0 aliphatic heterocycles. The summed E-state index contributed by atoms with van der Waals surface area (Å²) in [4.78, 5) is 10.9. The summed E-state index contributed by atoms with van der Waals surface area (Å²) in [6, 6.07) is 4.98. The van der Waals surface area contributed by atoms with Gasteiger partial charge in [-0.3, -0.25) is 0 Å². The van der Waals surface area contributed by atoms with Crippen molar-refractivity contribution in [3.8, 4) is 0 Å². The molecule has 0 spiro atoms. The molecule has 0 aromatic heterocycles. The number of nitrogens with one attached hydrogen (secondary N) is 1. The van der Waals surface area contributed by atoms with E-state index in [1.54, 1.807) is 12.1 Å². The number of nitrogen functional groups attached to an aromatic ring is 1. The lowest BCUT2D eigenvalue weighted by atomic mass is 10.1. The largest absolute Gasteiger partial charge is 0.478 e. The van der Waals surface area contributed by atoms with Gasteiger partial charge in [-0.05, 0) is 31.5 Å². The Hall–Kier alpha value is -1.71. The Labute approximate surface area is 89.1 Å². The van der Waals surface area contributed by atoms with Crippen molar-refractivity contribution in [2.75, 3.05) is 11.1 Å². The van der Waals surface area contributed by atoms with Crippen molar-refractivity contribution in [1.29, 1.82) is 0 Å². The van der Waals surface area contributed by atoms with Gasteiger partial charge in [-0.25, -0.2) is 4.79 Å². The zero-order valence-electron chi connectivity index (χ0n) is 8.95. The first-order valence-electron chi connectivity index (χ1n) is 4.94. The third-order valence-electron chi connectivity index (χ3n) is 2.29. The van der Waals surface area contributed by atoms with Gasteiger partial charge in [0, 0.05) is 11.7 Å². The molecule has 0 saturated carbocycles. The molecular weight excluding hydrogens is 192 g/mol. The van der Waals surface area contributed by atoms with Crippen molar-refractivity contribution in [3.63, 3.8) is 0 Å². The molecule has 0 fully saturated rings. The van der Waals surface area contributed by atoms with Crippen molar-refractivity contribution in [2.45, 2.75) is 26.3 Å². The summed E-state index contributed by atoms with van der Waals surface area (Å²) in [5, 5.41) is 12.1. The summed E-state index contributed by atoms with van der Waals surface area (Å²) in [5.74, 6) is -0.944. The Kier molecular flexibility index (Phi) is 3.55. The molecule has 0 radical (unpaired) electrons. The van der Waals surface area contributed by atoms with Crippen molar-refractivity contribution in [3.05, 3.63) is 23.8 Å². The van der Waals surface area contributed by atoms with Crippen molar-refractivity contribution in [1.82, 2.24) is 0 Å². The maximum absolute atomic E-state index is 10.9. The van der Waals surface area contributed by atoms with Crippen LogP contribution in [0.2, 0.25) is 0 Å². The fourth-order valence-electron chi connectivity index (χ4n) is 1.24. The predicted octanol–water partition coefficient (Wildman–Crippen LogP) is 2.18. The van der Waals surface area contributed by atoms with Crippen LogP contribution in [0.25, 0.3) is 0 Å². The van der Waals surface area contributed by atoms with Crippen molar-refractivity contribution >= 4 is 17.3 Å². The first kappa shape index (κ1) is 11.4. The van der Waals surface area contributed by atoms with Crippen LogP contribution in [-0.4, -0.2) is 17.1 Å². The minimum Gasteiger partial charge on any atom is -0.478 e. The second kappa shape index (κ2) is 4.68. The van der Waals surface area contributed by atoms with Gasteiger partial charge in [-0.15, -0.1) is 0 Å². The number of hydrogen-bond acceptors (Lipinski definition) is 3. The van der Waals surface area contributed by atoms with Gasteiger partial charge in [-0.2, -0.15) is 0 Å². The average molecular weight is 208 g/mol. The van der Waals surface area contributed by atoms with Crippen LogP contribution in [0.3, 0.4) is 0 Å². The van der Waals surface area contributed by atoms with Gasteiger partial charge >= 0.3 is 5.97 Å². The Morgan fingerprint density at radius 2 is 2.27 bits per heavy atom. The molecule has 1 atom stereocenters. The molecule has 0 saturated heterocycles. The SMILES string of the molecule is CCC(C)Nc1cc(N)ccc1C(=O)O. The first-order chi connectivity index (χ1) is 7.04. The lowest BCUT2D eigenvalue weighted by Crippen LogP contribution is -2.16. The highest BCUT2D eigenvalue weighted by Crippen LogP contribution is 2.20. The van der Waals surface area contributed by atoms with Crippen molar-refractivity contribution in [2.24, 2.45) is 0 Å². The second-order valence-corrected chi connectivity index (χ2v) is 3.56. The van der Waals surface area contributed by atoms with Gasteiger partial charge in [0.2, 0.25) is 0 Å². The van der Waals surface area contributed by atoms with E-state index < -0.39 is 5.97 Å². The van der Waals surface area contributed by atoms with E-state index in [0.29, 0.717) is 11.4 Å². The molecule has 0 heterocycles. The molecule has 0 amide bonds. The number of aromatic carboxylic acids is 1. The van der Waals surface area contributed by atoms with Gasteiger partial charge < -0.3 is 16.2 Å². The standard InChI is InChI=1S/C11H16N2O2/c1-3-7(2)13-10-6-8(12)4-5-9(10)11(14)15/h4-7,13H,3,12H2,1-2H3,(H,14,15). The number of benzene rings is 1. The van der Waals surface area contributed by atoms with Crippen LogP contribution < -0.4 is 11.1 Å². The lowest BCUT2D eigenvalue weighted by Gasteiger charge is -2.15. The van der Waals surface area contributed by atoms with Crippen LogP contribution in [0.5, 0.6) is 0 Å². The summed E-state index contributed by atoms with van der Waals surface area (Å²) in [6.07, 6.45) is 0.924. The van der Waals surface area contributed by atoms with Crippen LogP contribution >= 0.6 is 0 Å². The Bertz CT molecular complexity index is 364. The zero-order valence-corrected chi connectivity index (χ0v) is 8.95. The van der Waals surface area contributed by atoms with E-state index in [2.05, 4.69) is 5.32 Å². The first-order valence-corrected chi connectivity index (χ1v) is 4.94. The Morgan fingerprint density at radius 1 is 1.60 bits per heavy atom. The minimum absolute atomic E-state index is 0.227. The normalized spacial score (nSPS) is 12.1. The molecule has 1 aromatic carbocycles. The monoisotopic (exact) mass is 208 g/mol. The van der Waals surface area contributed by atoms with Crippen LogP contribution in [0, 0.1) is 0 Å². The van der Waals surface area contributed by atoms with Gasteiger partial charge in [0.25, 0.3) is 0 Å². The maximum Gasteiger partial charge on any atom is 0.337 e. The van der Waals surface area contributed by atoms with Gasteiger partial charge in [0.05, 0.1) is 11.3 Å². The number of carbonyl (C=O) groups is 1. The summed E-state index contributed by atoms with van der Waals surface area (Å²) in [7, 11) is 0. The third-order valence-corrected chi connectivity index (χ3v) is 2.29. The number of nitrogens with two attached hydrogens (primary N) is 1. The van der Waals surface area contributed by atoms with Crippen LogP contribution in [0.15, 0.2) is 18.2 Å². The summed E-state index contributed by atoms with van der Waals surface area (Å²) in [6.45, 7) is 4.03. The third kappa shape index (κ3) is 2.87. The number of hydrogen-bond donors (Lipinski definition) is 3. The van der Waals surface area contributed by atoms with Gasteiger partial charge in [0.15, 0.2) is 0 Å². The molecule has 4 N–H and O–H groups in total. The average Bonchev–Trinajstić information content (AvgIpc) is 2.17. The van der Waals surface area contributed by atoms with Crippen molar-refractivity contribution < 1.29 is 9.90 Å². The fraction of sp³-hybridized carbons (Fsp3) is 0.364. The highest BCUT2D eigenvalue weighted by Gasteiger charge is 2.11. The molecule has 1 aromatic rings. The smallest absolute Gasteiger partial charge is 0.337 e. The topological polar surface area (TPSA) is 75.3 Å². The number of anilines is 2. The van der Waals surface area contributed by atoms with Crippen LogP contribution in [-0.2, 0) is 0 Å². The molecule has 4 heteroatoms. The predicted molar refractivity (Wildman–Crippen MR) is 61.2 cm³/mol. The van der Waals surface area contributed by atoms with E-state index in [9.17, 15) is 4.79 Å². The number of carboxylic acid groups (broad SMARTS) is 1. The quantitative estimate of drug-likeness (QED) is 0.663. The fourth-order valence-corrected chi connectivity index (χ4v) is 1.24. The molecule has 1 unspecified atom stereocenters. The highest BCUT2D eigenvalue weighted by atomic mass is 16.4. The molecule has 0 aliphatic carbocycles. The van der Waals surface area contributed by atoms with Gasteiger partial charge in [-0.1, -0.05) is 6.92 Å². The Morgan fingerprint density at radius 3 is 2.80 bits per heavy atom.